The van der Waals surface area contributed by atoms with E-state index in [1.165, 1.54) is 25.2 Å². The van der Waals surface area contributed by atoms with Gasteiger partial charge in [0.2, 0.25) is 0 Å². The van der Waals surface area contributed by atoms with Crippen molar-refractivity contribution in [3.05, 3.63) is 33.9 Å². The smallest absolute Gasteiger partial charge is 0.293 e. The zero-order valence-electron chi connectivity index (χ0n) is 11.1. The summed E-state index contributed by atoms with van der Waals surface area (Å²) in [5.74, 6) is -0.690. The monoisotopic (exact) mass is 287 g/mol. The Labute approximate surface area is 114 Å². The lowest BCUT2D eigenvalue weighted by atomic mass is 10.1. The fraction of sp³-hybridized carbons (Fsp3) is 0.417. The Hall–Kier alpha value is -2.25. The van der Waals surface area contributed by atoms with Gasteiger partial charge in [0.1, 0.15) is 5.69 Å². The molecule has 0 atom stereocenters. The highest BCUT2D eigenvalue weighted by Crippen LogP contribution is 2.29. The van der Waals surface area contributed by atoms with Gasteiger partial charge in [-0.25, -0.2) is 8.78 Å². The molecule has 0 aliphatic heterocycles. The Kier molecular flexibility index (Phi) is 5.36. The van der Waals surface area contributed by atoms with E-state index < -0.39 is 23.8 Å². The first-order valence-electron chi connectivity index (χ1n) is 5.93. The SMILES string of the molecule is CCNc1c(C(=O)N(C)CC(F)F)cccc1[N+](=O)[O-]. The molecule has 0 aliphatic carbocycles. The van der Waals surface area contributed by atoms with Crippen LogP contribution in [0.5, 0.6) is 0 Å². The van der Waals surface area contributed by atoms with Crippen molar-refractivity contribution in [1.82, 2.24) is 4.90 Å². The summed E-state index contributed by atoms with van der Waals surface area (Å²) in [5.41, 5.74) is -0.210. The van der Waals surface area contributed by atoms with Gasteiger partial charge in [-0.1, -0.05) is 6.07 Å². The van der Waals surface area contributed by atoms with Gasteiger partial charge >= 0.3 is 0 Å². The van der Waals surface area contributed by atoms with E-state index in [-0.39, 0.29) is 16.9 Å². The van der Waals surface area contributed by atoms with Crippen molar-refractivity contribution in [3.8, 4) is 0 Å². The summed E-state index contributed by atoms with van der Waals surface area (Å²) in [6.07, 6.45) is -2.66. The molecule has 0 unspecified atom stereocenters. The van der Waals surface area contributed by atoms with Crippen molar-refractivity contribution in [2.45, 2.75) is 13.3 Å². The number of nitrogens with one attached hydrogen (secondary N) is 1. The second-order valence-electron chi connectivity index (χ2n) is 4.06. The average Bonchev–Trinajstić information content (AvgIpc) is 2.37. The second kappa shape index (κ2) is 6.78. The number of nitrogens with zero attached hydrogens (tertiary/aromatic N) is 2. The molecule has 0 radical (unpaired) electrons. The van der Waals surface area contributed by atoms with Crippen molar-refractivity contribution < 1.29 is 18.5 Å². The minimum Gasteiger partial charge on any atom is -0.379 e. The number of halogens is 2. The van der Waals surface area contributed by atoms with Crippen LogP contribution >= 0.6 is 0 Å². The molecule has 0 bridgehead atoms. The standard InChI is InChI=1S/C12H15F2N3O3/c1-3-15-11-8(5-4-6-9(11)17(19)20)12(18)16(2)7-10(13)14/h4-6,10,15H,3,7H2,1-2H3. The Morgan fingerprint density at radius 2 is 2.15 bits per heavy atom. The number of alkyl halides is 2. The number of nitro benzene ring substituents is 1. The van der Waals surface area contributed by atoms with Gasteiger partial charge < -0.3 is 10.2 Å². The molecule has 0 fully saturated rings. The number of rotatable bonds is 6. The van der Waals surface area contributed by atoms with Crippen LogP contribution in [-0.2, 0) is 0 Å². The van der Waals surface area contributed by atoms with Gasteiger partial charge in [-0.05, 0) is 13.0 Å². The summed E-state index contributed by atoms with van der Waals surface area (Å²) in [4.78, 5) is 23.2. The zero-order chi connectivity index (χ0) is 15.3. The van der Waals surface area contributed by atoms with Crippen molar-refractivity contribution in [2.24, 2.45) is 0 Å². The van der Waals surface area contributed by atoms with Crippen LogP contribution in [0, 0.1) is 10.1 Å². The first kappa shape index (κ1) is 15.8. The van der Waals surface area contributed by atoms with Crippen LogP contribution in [0.1, 0.15) is 17.3 Å². The van der Waals surface area contributed by atoms with Crippen molar-refractivity contribution in [2.75, 3.05) is 25.5 Å². The normalized spacial score (nSPS) is 10.4. The molecule has 110 valence electrons. The number of carbonyl (C=O) groups is 1. The number of benzene rings is 1. The highest BCUT2D eigenvalue weighted by atomic mass is 19.3. The number of amides is 1. The van der Waals surface area contributed by atoms with Crippen LogP contribution in [0.25, 0.3) is 0 Å². The lowest BCUT2D eigenvalue weighted by Gasteiger charge is -2.18. The third-order valence-corrected chi connectivity index (χ3v) is 2.58. The number of carbonyl (C=O) groups excluding carboxylic acids is 1. The molecule has 1 rings (SSSR count). The van der Waals surface area contributed by atoms with Gasteiger partial charge in [0.25, 0.3) is 18.0 Å². The molecule has 8 heteroatoms. The Morgan fingerprint density at radius 1 is 1.50 bits per heavy atom. The molecule has 1 aromatic rings. The van der Waals surface area contributed by atoms with Crippen molar-refractivity contribution in [1.29, 1.82) is 0 Å². The summed E-state index contributed by atoms with van der Waals surface area (Å²) < 4.78 is 24.6. The molecular weight excluding hydrogens is 272 g/mol. The average molecular weight is 287 g/mol. The third-order valence-electron chi connectivity index (χ3n) is 2.58. The molecule has 20 heavy (non-hydrogen) atoms. The van der Waals surface area contributed by atoms with Gasteiger partial charge in [0.05, 0.1) is 17.0 Å². The molecule has 1 N–H and O–H groups in total. The Morgan fingerprint density at radius 3 is 2.65 bits per heavy atom. The fourth-order valence-electron chi connectivity index (χ4n) is 1.73. The van der Waals surface area contributed by atoms with Gasteiger partial charge in [0, 0.05) is 19.7 Å². The van der Waals surface area contributed by atoms with E-state index in [4.69, 9.17) is 0 Å². The topological polar surface area (TPSA) is 75.5 Å². The zero-order valence-corrected chi connectivity index (χ0v) is 11.1. The van der Waals surface area contributed by atoms with Gasteiger partial charge in [0.15, 0.2) is 0 Å². The van der Waals surface area contributed by atoms with E-state index >= 15 is 0 Å². The number of hydrogen-bond acceptors (Lipinski definition) is 4. The quantitative estimate of drug-likeness (QED) is 0.643. The summed E-state index contributed by atoms with van der Waals surface area (Å²) in [5, 5.41) is 13.7. The van der Waals surface area contributed by atoms with Crippen LogP contribution in [0.4, 0.5) is 20.2 Å². The van der Waals surface area contributed by atoms with Gasteiger partial charge in [-0.3, -0.25) is 14.9 Å². The number of hydrogen-bond donors (Lipinski definition) is 1. The summed E-state index contributed by atoms with van der Waals surface area (Å²) in [7, 11) is 1.23. The lowest BCUT2D eigenvalue weighted by molar-refractivity contribution is -0.384. The van der Waals surface area contributed by atoms with E-state index in [0.29, 0.717) is 6.54 Å². The molecule has 0 aliphatic rings. The predicted molar refractivity (Wildman–Crippen MR) is 70.2 cm³/mol. The lowest BCUT2D eigenvalue weighted by Crippen LogP contribution is -2.32. The van der Waals surface area contributed by atoms with Crippen LogP contribution in [0.3, 0.4) is 0 Å². The molecule has 0 saturated carbocycles. The molecule has 0 saturated heterocycles. The summed E-state index contributed by atoms with van der Waals surface area (Å²) >= 11 is 0. The van der Waals surface area contributed by atoms with Crippen LogP contribution in [-0.4, -0.2) is 42.3 Å². The fourth-order valence-corrected chi connectivity index (χ4v) is 1.73. The molecule has 1 aromatic carbocycles. The van der Waals surface area contributed by atoms with Crippen LogP contribution in [0.2, 0.25) is 0 Å². The van der Waals surface area contributed by atoms with Crippen molar-refractivity contribution in [3.63, 3.8) is 0 Å². The van der Waals surface area contributed by atoms with Gasteiger partial charge in [-0.2, -0.15) is 0 Å². The molecule has 0 spiro atoms. The maximum absolute atomic E-state index is 12.3. The maximum atomic E-state index is 12.3. The molecule has 0 heterocycles. The summed E-state index contributed by atoms with van der Waals surface area (Å²) in [6, 6.07) is 3.97. The molecular formula is C12H15F2N3O3. The largest absolute Gasteiger partial charge is 0.379 e. The van der Waals surface area contributed by atoms with E-state index in [1.807, 2.05) is 0 Å². The van der Waals surface area contributed by atoms with E-state index in [2.05, 4.69) is 5.32 Å². The van der Waals surface area contributed by atoms with Gasteiger partial charge in [-0.15, -0.1) is 0 Å². The van der Waals surface area contributed by atoms with Crippen molar-refractivity contribution >= 4 is 17.3 Å². The minimum atomic E-state index is -2.66. The molecule has 6 nitrogen and oxygen atoms in total. The van der Waals surface area contributed by atoms with E-state index in [1.54, 1.807) is 6.92 Å². The van der Waals surface area contributed by atoms with Crippen LogP contribution < -0.4 is 5.32 Å². The number of nitro groups is 1. The van der Waals surface area contributed by atoms with E-state index in [0.717, 1.165) is 4.90 Å². The molecule has 0 aromatic heterocycles. The second-order valence-corrected chi connectivity index (χ2v) is 4.06. The Bertz CT molecular complexity index is 509. The minimum absolute atomic E-state index is 0.00389. The third kappa shape index (κ3) is 3.62. The predicted octanol–water partition coefficient (Wildman–Crippen LogP) is 2.36. The van der Waals surface area contributed by atoms with E-state index in [9.17, 15) is 23.7 Å². The first-order chi connectivity index (χ1) is 9.38. The molecule has 1 amide bonds. The number of anilines is 1. The maximum Gasteiger partial charge on any atom is 0.293 e. The highest BCUT2D eigenvalue weighted by molar-refractivity contribution is 6.01. The summed E-state index contributed by atoms with van der Waals surface area (Å²) in [6.45, 7) is 1.35. The van der Waals surface area contributed by atoms with Crippen LogP contribution in [0.15, 0.2) is 18.2 Å². The Balaban J connectivity index is 3.19. The number of para-hydroxylation sites is 1. The first-order valence-corrected chi connectivity index (χ1v) is 5.93. The highest BCUT2D eigenvalue weighted by Gasteiger charge is 2.24.